The minimum atomic E-state index is -2.32. The summed E-state index contributed by atoms with van der Waals surface area (Å²) in [5.74, 6) is 0.167. The average Bonchev–Trinajstić information content (AvgIpc) is 1.78. The van der Waals surface area contributed by atoms with E-state index in [1.54, 1.807) is 97.1 Å². The molecule has 690 valence electrons. The van der Waals surface area contributed by atoms with Crippen molar-refractivity contribution < 1.29 is 189 Å². The molecule has 7 aromatic rings. The third kappa shape index (κ3) is 17.6. The Morgan fingerprint density at radius 2 is 0.422 bits per heavy atom. The number of benzene rings is 4. The molecule has 21 fully saturated rings. The maximum Gasteiger partial charge on any atom is 0.187 e. The van der Waals surface area contributed by atoms with Crippen LogP contribution in [-0.4, -0.2) is 399 Å². The van der Waals surface area contributed by atoms with Gasteiger partial charge in [-0.1, -0.05) is 48.5 Å². The molecule has 21 saturated heterocycles. The first-order chi connectivity index (χ1) is 61.7. The number of nitrogens with one attached hydrogen (secondary N) is 2. The maximum atomic E-state index is 12.4. The van der Waals surface area contributed by atoms with Crippen LogP contribution in [0.15, 0.2) is 121 Å². The summed E-state index contributed by atoms with van der Waals surface area (Å²) < 4.78 is 89.6. The highest BCUT2D eigenvalue weighted by molar-refractivity contribution is 6.00. The van der Waals surface area contributed by atoms with Gasteiger partial charge in [-0.05, 0) is 119 Å². The highest BCUT2D eigenvalue weighted by Crippen LogP contribution is 2.44. The number of aliphatic hydroxyl groups excluding tert-OH is 20. The Bertz CT molecular complexity index is 5170. The molecule has 42 nitrogen and oxygen atoms in total. The molecule has 0 aliphatic carbocycles. The zero-order valence-corrected chi connectivity index (χ0v) is 67.3. The zero-order valence-electron chi connectivity index (χ0n) is 67.3. The maximum absolute atomic E-state index is 12.4. The van der Waals surface area contributed by atoms with E-state index in [0.717, 1.165) is 5.56 Å². The second-order valence-corrected chi connectivity index (χ2v) is 32.4. The Kier molecular flexibility index (Phi) is 27.3. The predicted molar refractivity (Wildman–Crippen MR) is 432 cm³/mol. The normalized spacial score (nSPS) is 38.2. The van der Waals surface area contributed by atoms with Crippen LogP contribution in [0.4, 0.5) is 0 Å². The Hall–Kier alpha value is -8.68. The van der Waals surface area contributed by atoms with E-state index in [1.807, 2.05) is 48.6 Å². The number of aromatic nitrogens is 4. The lowest BCUT2D eigenvalue weighted by molar-refractivity contribution is -0.396. The Labute approximate surface area is 724 Å². The molecule has 0 spiro atoms. The number of H-pyrrole nitrogens is 2. The largest absolute Gasteiger partial charge is 0.508 e. The summed E-state index contributed by atoms with van der Waals surface area (Å²) in [7, 11) is 0. The molecule has 0 unspecified atom stereocenters. The zero-order chi connectivity index (χ0) is 90.1. The van der Waals surface area contributed by atoms with Crippen molar-refractivity contribution in [1.82, 2.24) is 19.9 Å². The van der Waals surface area contributed by atoms with Crippen LogP contribution in [0, 0.1) is 0 Å². The van der Waals surface area contributed by atoms with Gasteiger partial charge in [0.15, 0.2) is 44.0 Å². The lowest BCUT2D eigenvalue weighted by Gasteiger charge is -2.50. The molecular weight excluding hydrogens is 1700 g/mol. The smallest absolute Gasteiger partial charge is 0.187 e. The van der Waals surface area contributed by atoms with Crippen molar-refractivity contribution in [3.8, 4) is 67.5 Å². The first kappa shape index (κ1) is 91.2. The van der Waals surface area contributed by atoms with Crippen molar-refractivity contribution in [2.75, 3.05) is 46.2 Å². The summed E-state index contributed by atoms with van der Waals surface area (Å²) in [5, 5.41) is 261. The first-order valence-corrected chi connectivity index (χ1v) is 41.3. The van der Waals surface area contributed by atoms with Gasteiger partial charge in [0.25, 0.3) is 0 Å². The topological polar surface area (TPSA) is 661 Å². The number of nitrogens with zero attached hydrogens (tertiary/aromatic N) is 2. The second-order valence-electron chi connectivity index (χ2n) is 32.4. The molecular formula is C86H98N4O38. The summed E-state index contributed by atoms with van der Waals surface area (Å²) >= 11 is 0. The van der Waals surface area contributed by atoms with E-state index in [9.17, 15) is 117 Å². The van der Waals surface area contributed by atoms with Crippen molar-refractivity contribution in [3.05, 3.63) is 144 Å². The van der Waals surface area contributed by atoms with Crippen LogP contribution in [0.3, 0.4) is 0 Å². The highest BCUT2D eigenvalue weighted by Gasteiger charge is 2.60. The van der Waals surface area contributed by atoms with Crippen LogP contribution in [0.2, 0.25) is 0 Å². The van der Waals surface area contributed by atoms with Crippen LogP contribution in [0.5, 0.6) is 23.0 Å². The Balaban J connectivity index is 0.706. The molecule has 0 amide bonds. The monoisotopic (exact) mass is 1790 g/mol. The number of aliphatic hydroxyl groups is 20. The van der Waals surface area contributed by atoms with E-state index in [1.165, 1.54) is 0 Å². The molecule has 4 aromatic carbocycles. The number of rotatable bonds is 13. The molecule has 3 aromatic heterocycles. The quantitative estimate of drug-likeness (QED) is 0.0518. The van der Waals surface area contributed by atoms with Crippen molar-refractivity contribution in [2.45, 2.75) is 215 Å². The van der Waals surface area contributed by atoms with E-state index in [-0.39, 0.29) is 23.0 Å². The van der Waals surface area contributed by atoms with E-state index < -0.39 is 261 Å². The van der Waals surface area contributed by atoms with Gasteiger partial charge in [0, 0.05) is 44.3 Å². The number of hydrogen-bond donors (Lipinski definition) is 25. The van der Waals surface area contributed by atoms with Crippen LogP contribution < -0.4 is 4.74 Å². The second kappa shape index (κ2) is 38.3. The van der Waals surface area contributed by atoms with Gasteiger partial charge in [0.05, 0.1) is 62.4 Å². The summed E-state index contributed by atoms with van der Waals surface area (Å²) in [6, 6.07) is 34.0. The molecule has 42 heteroatoms. The van der Waals surface area contributed by atoms with Gasteiger partial charge < -0.3 is 198 Å². The fourth-order valence-electron chi connectivity index (χ4n) is 17.6. The van der Waals surface area contributed by atoms with Gasteiger partial charge >= 0.3 is 0 Å². The third-order valence-corrected chi connectivity index (χ3v) is 24.4. The van der Waals surface area contributed by atoms with Gasteiger partial charge in [-0.15, -0.1) is 0 Å². The third-order valence-electron chi connectivity index (χ3n) is 24.4. The Morgan fingerprint density at radius 1 is 0.234 bits per heavy atom. The van der Waals surface area contributed by atoms with Gasteiger partial charge in [-0.25, -0.2) is 9.97 Å². The van der Waals surface area contributed by atoms with Crippen LogP contribution in [0.1, 0.15) is 22.8 Å². The van der Waals surface area contributed by atoms with E-state index in [2.05, 4.69) is 9.97 Å². The summed E-state index contributed by atoms with van der Waals surface area (Å²) in [5.41, 5.74) is 9.55. The molecule has 30 rings (SSSR count). The number of ether oxygens (including phenoxy) is 15. The Morgan fingerprint density at radius 3 is 0.625 bits per heavy atom. The molecule has 0 radical (unpaired) electrons. The van der Waals surface area contributed by atoms with Crippen molar-refractivity contribution >= 4 is 46.4 Å². The van der Waals surface area contributed by atoms with Crippen LogP contribution in [0.25, 0.3) is 90.9 Å². The first-order valence-electron chi connectivity index (χ1n) is 41.3. The van der Waals surface area contributed by atoms with Crippen molar-refractivity contribution in [3.63, 3.8) is 0 Å². The van der Waals surface area contributed by atoms with E-state index in [0.29, 0.717) is 83.8 Å². The number of fused-ring (bicyclic) bond motifs is 8. The van der Waals surface area contributed by atoms with Gasteiger partial charge in [0.2, 0.25) is 0 Å². The molecule has 0 saturated carbocycles. The molecule has 35 atom stereocenters. The SMILES string of the molecule is OC[C@H]1O[C@@H]2O[C@H]3[C@H](O)[C@@H](O)[C@@H](O[C@H]4[C@H](O)[C@@H](O)[C@@H](O[C@H]5[C@H](O)[C@@H](O)[C@@H](O[C@H]6[C@H](O)[C@@H](O)[C@@H](O[C@H]7[C@H](O)[C@@H](O)[C@@H](O[C@H]8[C@H](O)[C@@H](O)[C@@H](O[C@H]1[C@H](O)[C@H]2O)O[C@@H]8CO)O[C@@H]7CO)O[C@@H]6CO)O[C@@H]5COc1ccc(-c2c5nc(c(-c6ccc(O)cc6)c6ccc([nH]6)c(-c6ccc(O)cc6)c6nc(c(-c7ccc(O)cc7)c7ccc2[nH]7)C=C6)C=C5)cc1)O[C@@H]4CO)O[C@@H]3CO. The summed E-state index contributed by atoms with van der Waals surface area (Å²) in [6.07, 6.45) is -65.3. The number of hydrogen-bond acceptors (Lipinski definition) is 40. The predicted octanol–water partition coefficient (Wildman–Crippen LogP) is -4.39. The number of aromatic hydroxyl groups is 3. The van der Waals surface area contributed by atoms with Gasteiger partial charge in [0.1, 0.15) is 201 Å². The minimum absolute atomic E-state index is 0.0168. The number of phenolic OH excluding ortho intramolecular Hbond substituents is 3. The summed E-state index contributed by atoms with van der Waals surface area (Å²) in [4.78, 5) is 17.9. The number of phenols is 3. The van der Waals surface area contributed by atoms with E-state index >= 15 is 0 Å². The minimum Gasteiger partial charge on any atom is -0.508 e. The lowest BCUT2D eigenvalue weighted by atomic mass is 9.95. The average molecular weight is 1800 g/mol. The van der Waals surface area contributed by atoms with E-state index in [4.69, 9.17) is 81.0 Å². The fraction of sp³-hybridized carbons (Fsp3) is 0.488. The molecule has 23 aliphatic rings. The standard InChI is InChI=1S/C86H98N4O38/c91-25-48-73-60(101)67(108)81(116-48)124-75-50(27-93)118-83(69(110)62(75)103)126-77-52(29-95)120-85(71(112)64(77)105)128-79-54(121-86(72(113)65(79)106)127-78-53(30-96)119-84(70(111)63(78)104)125-76-51(28-94)117-82(68(109)61(76)102)123-74-49(26-92)115-80(122-73)66(107)59(74)100)31-114-39-15-7-35(8-16-39)58-46-23-21-44(89-46)56(33-3-11-37(98)12-4-33)42-19-17-40(87-42)55(32-1-9-36(97)10-2-32)41-18-20-43(88-41)57(45-22-24-47(58)90-45)34-5-13-38(99)14-6-34/h1-24,48-54,59-87,90-113H,25-31H2/t48-,49-,50-,51-,52-,53-,54-,59-,60-,61-,62-,63-,64-,65-,66-,67-,68-,69-,70-,71-,72-,73-,74-,75-,76-,77-,78-,79-,80-,81-,82-,83-,84-,85-,86-/m1/s1. The van der Waals surface area contributed by atoms with Crippen LogP contribution in [-0.2, 0) is 66.3 Å². The van der Waals surface area contributed by atoms with Gasteiger partial charge in [-0.3, -0.25) is 0 Å². The number of aromatic amines is 2. The van der Waals surface area contributed by atoms with Crippen LogP contribution >= 0.6 is 0 Å². The highest BCUT2D eigenvalue weighted by atomic mass is 16.8. The molecule has 25 N–H and O–H groups in total. The fourth-order valence-corrected chi connectivity index (χ4v) is 17.6. The summed E-state index contributed by atoms with van der Waals surface area (Å²) in [6.45, 7) is -7.27. The lowest BCUT2D eigenvalue weighted by Crippen LogP contribution is -2.68. The molecule has 26 heterocycles. The molecule has 22 bridgehead atoms. The van der Waals surface area contributed by atoms with Crippen molar-refractivity contribution in [1.29, 1.82) is 0 Å². The van der Waals surface area contributed by atoms with Crippen molar-refractivity contribution in [2.24, 2.45) is 0 Å². The molecule has 128 heavy (non-hydrogen) atoms. The van der Waals surface area contributed by atoms with Gasteiger partial charge in [-0.2, -0.15) is 0 Å². The molecule has 23 aliphatic heterocycles.